The van der Waals surface area contributed by atoms with Gasteiger partial charge in [0.1, 0.15) is 0 Å². The molecule has 0 unspecified atom stereocenters. The van der Waals surface area contributed by atoms with Crippen molar-refractivity contribution in [2.75, 3.05) is 25.6 Å². The lowest BCUT2D eigenvalue weighted by atomic mass is 10.1. The van der Waals surface area contributed by atoms with Crippen molar-refractivity contribution >= 4 is 5.69 Å². The number of aromatic nitrogens is 2. The molecule has 0 saturated carbocycles. The summed E-state index contributed by atoms with van der Waals surface area (Å²) in [7, 11) is 3.73. The summed E-state index contributed by atoms with van der Waals surface area (Å²) in [6.07, 6.45) is 2.81. The zero-order valence-electron chi connectivity index (χ0n) is 10.6. The summed E-state index contributed by atoms with van der Waals surface area (Å²) < 4.78 is 5.13. The first kappa shape index (κ1) is 11.0. The van der Waals surface area contributed by atoms with E-state index in [0.29, 0.717) is 11.7 Å². The van der Waals surface area contributed by atoms with Crippen LogP contribution in [0.2, 0.25) is 0 Å². The molecule has 0 bridgehead atoms. The molecule has 18 heavy (non-hydrogen) atoms. The highest BCUT2D eigenvalue weighted by atomic mass is 16.5. The summed E-state index contributed by atoms with van der Waals surface area (Å²) in [5, 5.41) is 0. The Kier molecular flexibility index (Phi) is 2.63. The third-order valence-electron chi connectivity index (χ3n) is 3.30. The van der Waals surface area contributed by atoms with E-state index in [9.17, 15) is 0 Å². The molecule has 4 heteroatoms. The fraction of sp³-hybridized carbons (Fsp3) is 0.286. The molecule has 2 heterocycles. The van der Waals surface area contributed by atoms with Crippen molar-refractivity contribution in [2.45, 2.75) is 6.42 Å². The molecule has 1 aromatic heterocycles. The Hall–Kier alpha value is -2.10. The van der Waals surface area contributed by atoms with Crippen LogP contribution in [0, 0.1) is 0 Å². The van der Waals surface area contributed by atoms with Crippen molar-refractivity contribution in [1.82, 2.24) is 9.97 Å². The van der Waals surface area contributed by atoms with Gasteiger partial charge in [-0.2, -0.15) is 4.98 Å². The molecule has 0 radical (unpaired) electrons. The Bertz CT molecular complexity index is 583. The van der Waals surface area contributed by atoms with Crippen LogP contribution in [-0.4, -0.2) is 30.7 Å². The quantitative estimate of drug-likeness (QED) is 0.807. The molecule has 2 aromatic rings. The van der Waals surface area contributed by atoms with Gasteiger partial charge in [0.05, 0.1) is 7.11 Å². The van der Waals surface area contributed by atoms with Crippen LogP contribution in [-0.2, 0) is 6.42 Å². The average Bonchev–Trinajstić information content (AvgIpc) is 2.80. The van der Waals surface area contributed by atoms with Crippen LogP contribution in [0.3, 0.4) is 0 Å². The molecule has 0 fully saturated rings. The lowest BCUT2D eigenvalue weighted by Crippen LogP contribution is -2.12. The first-order valence-electron chi connectivity index (χ1n) is 5.99. The van der Waals surface area contributed by atoms with Crippen molar-refractivity contribution < 1.29 is 4.74 Å². The van der Waals surface area contributed by atoms with Crippen LogP contribution in [0.15, 0.2) is 30.5 Å². The van der Waals surface area contributed by atoms with Crippen LogP contribution in [0.4, 0.5) is 5.69 Å². The molecule has 92 valence electrons. The van der Waals surface area contributed by atoms with Gasteiger partial charge in [-0.3, -0.25) is 0 Å². The highest BCUT2D eigenvalue weighted by Gasteiger charge is 2.16. The normalized spacial score (nSPS) is 13.6. The number of fused-ring (bicyclic) bond motifs is 1. The molecule has 3 rings (SSSR count). The number of anilines is 1. The molecule has 1 aromatic carbocycles. The molecule has 0 aliphatic carbocycles. The second kappa shape index (κ2) is 4.29. The summed E-state index contributed by atoms with van der Waals surface area (Å²) >= 11 is 0. The minimum atomic E-state index is 0.595. The number of benzene rings is 1. The number of hydrogen-bond acceptors (Lipinski definition) is 4. The van der Waals surface area contributed by atoms with E-state index in [-0.39, 0.29) is 0 Å². The lowest BCUT2D eigenvalue weighted by molar-refractivity contribution is 0.397. The summed E-state index contributed by atoms with van der Waals surface area (Å²) in [5.74, 6) is 1.31. The minimum Gasteiger partial charge on any atom is -0.481 e. The van der Waals surface area contributed by atoms with Crippen molar-refractivity contribution in [1.29, 1.82) is 0 Å². The Morgan fingerprint density at radius 1 is 1.28 bits per heavy atom. The van der Waals surface area contributed by atoms with Gasteiger partial charge in [-0.1, -0.05) is 0 Å². The first-order chi connectivity index (χ1) is 8.78. The van der Waals surface area contributed by atoms with Crippen molar-refractivity contribution in [3.8, 4) is 17.3 Å². The van der Waals surface area contributed by atoms with Gasteiger partial charge in [-0.05, 0) is 30.2 Å². The minimum absolute atomic E-state index is 0.595. The van der Waals surface area contributed by atoms with Crippen molar-refractivity contribution in [3.05, 3.63) is 36.0 Å². The highest BCUT2D eigenvalue weighted by Crippen LogP contribution is 2.30. The smallest absolute Gasteiger partial charge is 0.216 e. The maximum atomic E-state index is 5.13. The topological polar surface area (TPSA) is 38.2 Å². The molecule has 1 aliphatic heterocycles. The number of ether oxygens (including phenoxy) is 1. The van der Waals surface area contributed by atoms with Crippen molar-refractivity contribution in [2.24, 2.45) is 0 Å². The van der Waals surface area contributed by atoms with Crippen LogP contribution < -0.4 is 9.64 Å². The van der Waals surface area contributed by atoms with E-state index in [1.807, 2.05) is 0 Å². The van der Waals surface area contributed by atoms with Crippen molar-refractivity contribution in [3.63, 3.8) is 0 Å². The number of hydrogen-bond donors (Lipinski definition) is 0. The molecular weight excluding hydrogens is 226 g/mol. The van der Waals surface area contributed by atoms with Gasteiger partial charge in [-0.25, -0.2) is 4.98 Å². The van der Waals surface area contributed by atoms with E-state index in [1.54, 1.807) is 19.4 Å². The molecular formula is C14H15N3O. The predicted molar refractivity (Wildman–Crippen MR) is 71.0 cm³/mol. The van der Waals surface area contributed by atoms with Gasteiger partial charge < -0.3 is 9.64 Å². The maximum Gasteiger partial charge on any atom is 0.216 e. The fourth-order valence-corrected chi connectivity index (χ4v) is 2.30. The van der Waals surface area contributed by atoms with E-state index in [1.165, 1.54) is 11.3 Å². The van der Waals surface area contributed by atoms with Gasteiger partial charge in [0, 0.05) is 37.1 Å². The number of likely N-dealkylation sites (N-methyl/N-ethyl adjacent to an activating group) is 1. The van der Waals surface area contributed by atoms with Gasteiger partial charge in [-0.15, -0.1) is 0 Å². The zero-order valence-corrected chi connectivity index (χ0v) is 10.6. The molecule has 1 aliphatic rings. The molecule has 0 atom stereocenters. The third kappa shape index (κ3) is 1.79. The third-order valence-corrected chi connectivity index (χ3v) is 3.30. The second-order valence-corrected chi connectivity index (χ2v) is 4.44. The monoisotopic (exact) mass is 241 g/mol. The maximum absolute atomic E-state index is 5.13. The van der Waals surface area contributed by atoms with Gasteiger partial charge in [0.2, 0.25) is 5.88 Å². The Balaban J connectivity index is 2.02. The Labute approximate surface area is 106 Å². The fourth-order valence-electron chi connectivity index (χ4n) is 2.30. The predicted octanol–water partition coefficient (Wildman–Crippen LogP) is 2.14. The van der Waals surface area contributed by atoms with Gasteiger partial charge in [0.25, 0.3) is 0 Å². The summed E-state index contributed by atoms with van der Waals surface area (Å²) in [6, 6.07) is 8.13. The van der Waals surface area contributed by atoms with Crippen LogP contribution in [0.1, 0.15) is 5.56 Å². The Morgan fingerprint density at radius 2 is 2.17 bits per heavy atom. The molecule has 0 amide bonds. The van der Waals surface area contributed by atoms with E-state index < -0.39 is 0 Å². The van der Waals surface area contributed by atoms with E-state index >= 15 is 0 Å². The van der Waals surface area contributed by atoms with E-state index in [0.717, 1.165) is 18.5 Å². The Morgan fingerprint density at radius 3 is 3.00 bits per heavy atom. The van der Waals surface area contributed by atoms with E-state index in [4.69, 9.17) is 4.74 Å². The van der Waals surface area contributed by atoms with Crippen LogP contribution in [0.25, 0.3) is 11.4 Å². The van der Waals surface area contributed by atoms with Crippen LogP contribution >= 0.6 is 0 Å². The lowest BCUT2D eigenvalue weighted by Gasteiger charge is -2.11. The SMILES string of the molecule is COc1ccnc(-c2ccc3c(c2)CCN3C)n1. The number of rotatable bonds is 2. The molecule has 4 nitrogen and oxygen atoms in total. The standard InChI is InChI=1S/C14H15N3O/c1-17-8-6-10-9-11(3-4-12(10)17)14-15-7-5-13(16-14)18-2/h3-5,7,9H,6,8H2,1-2H3. The summed E-state index contributed by atoms with van der Waals surface area (Å²) in [6.45, 7) is 1.08. The molecule has 0 N–H and O–H groups in total. The largest absolute Gasteiger partial charge is 0.481 e. The van der Waals surface area contributed by atoms with E-state index in [2.05, 4.69) is 40.1 Å². The summed E-state index contributed by atoms with van der Waals surface area (Å²) in [4.78, 5) is 10.9. The molecule has 0 saturated heterocycles. The number of methoxy groups -OCH3 is 1. The zero-order chi connectivity index (χ0) is 12.5. The first-order valence-corrected chi connectivity index (χ1v) is 5.99. The van der Waals surface area contributed by atoms with Crippen LogP contribution in [0.5, 0.6) is 5.88 Å². The summed E-state index contributed by atoms with van der Waals surface area (Å²) in [5.41, 5.74) is 3.71. The second-order valence-electron chi connectivity index (χ2n) is 4.44. The molecule has 0 spiro atoms. The highest BCUT2D eigenvalue weighted by molar-refractivity contribution is 5.66. The average molecular weight is 241 g/mol. The van der Waals surface area contributed by atoms with Gasteiger partial charge >= 0.3 is 0 Å². The number of nitrogens with zero attached hydrogens (tertiary/aromatic N) is 3. The van der Waals surface area contributed by atoms with Gasteiger partial charge in [0.15, 0.2) is 5.82 Å².